The van der Waals surface area contributed by atoms with Crippen molar-refractivity contribution in [1.29, 1.82) is 0 Å². The van der Waals surface area contributed by atoms with Crippen LogP contribution in [0.15, 0.2) is 61.2 Å². The molecule has 1 aliphatic heterocycles. The highest BCUT2D eigenvalue weighted by Crippen LogP contribution is 2.31. The second-order valence-electron chi connectivity index (χ2n) is 9.31. The third-order valence-electron chi connectivity index (χ3n) is 6.60. The number of hydrogen-bond donors (Lipinski definition) is 3. The van der Waals surface area contributed by atoms with E-state index in [1.807, 2.05) is 6.08 Å². The summed E-state index contributed by atoms with van der Waals surface area (Å²) in [6.07, 6.45) is 5.01. The molecule has 0 radical (unpaired) electrons. The van der Waals surface area contributed by atoms with E-state index in [1.54, 1.807) is 0 Å². The van der Waals surface area contributed by atoms with Crippen LogP contribution < -0.4 is 5.32 Å². The second kappa shape index (κ2) is 10.4. The molecule has 3 aromatic carbocycles. The van der Waals surface area contributed by atoms with Crippen molar-refractivity contribution in [3.63, 3.8) is 0 Å². The van der Waals surface area contributed by atoms with Gasteiger partial charge >= 0.3 is 0 Å². The van der Waals surface area contributed by atoms with Gasteiger partial charge in [0.25, 0.3) is 0 Å². The van der Waals surface area contributed by atoms with Gasteiger partial charge in [0.2, 0.25) is 0 Å². The van der Waals surface area contributed by atoms with Crippen LogP contribution in [-0.4, -0.2) is 51.3 Å². The van der Waals surface area contributed by atoms with Gasteiger partial charge in [-0.05, 0) is 74.1 Å². The van der Waals surface area contributed by atoms with Crippen molar-refractivity contribution in [3.8, 4) is 11.1 Å². The number of benzene rings is 3. The average Bonchev–Trinajstić information content (AvgIpc) is 3.62. The number of carbonyl (C=O) groups is 1. The summed E-state index contributed by atoms with van der Waals surface area (Å²) in [4.78, 5) is 27.7. The second-order valence-corrected chi connectivity index (χ2v) is 9.31. The van der Waals surface area contributed by atoms with Crippen molar-refractivity contribution >= 4 is 39.1 Å². The van der Waals surface area contributed by atoms with E-state index >= 15 is 0 Å². The standard InChI is InChI=1S/C27H28N6.C2H4O/c1-3-13-33(2)16-25-29-21-10-7-18(15-24(21)30-25)17-6-9-20-19(14-17)8-11-22-26(20)32-27(31-22)23-5-4-12-28-23;1-2-3/h3,6-11,14-15,23,28H,1,4-5,12-13,16H2,2H3,(H,29,30)(H,31,32);2H,1H3. The van der Waals surface area contributed by atoms with Gasteiger partial charge in [-0.2, -0.15) is 0 Å². The normalized spacial score (nSPS) is 15.5. The number of likely N-dealkylation sites (N-methyl/N-ethyl adjacent to an activating group) is 1. The van der Waals surface area contributed by atoms with E-state index in [9.17, 15) is 0 Å². The van der Waals surface area contributed by atoms with Gasteiger partial charge in [0, 0.05) is 11.9 Å². The van der Waals surface area contributed by atoms with E-state index in [2.05, 4.69) is 82.3 Å². The summed E-state index contributed by atoms with van der Waals surface area (Å²) >= 11 is 0. The average molecular weight is 481 g/mol. The molecule has 1 atom stereocenters. The molecule has 1 saturated heterocycles. The highest BCUT2D eigenvalue weighted by Gasteiger charge is 2.20. The number of nitrogens with zero attached hydrogens (tertiary/aromatic N) is 3. The van der Waals surface area contributed by atoms with Crippen LogP contribution in [0.5, 0.6) is 0 Å². The Kier molecular flexibility index (Phi) is 6.93. The van der Waals surface area contributed by atoms with Crippen LogP contribution in [0, 0.1) is 0 Å². The monoisotopic (exact) mass is 480 g/mol. The summed E-state index contributed by atoms with van der Waals surface area (Å²) < 4.78 is 0. The minimum absolute atomic E-state index is 0.342. The van der Waals surface area contributed by atoms with Crippen LogP contribution in [0.4, 0.5) is 0 Å². The lowest BCUT2D eigenvalue weighted by Crippen LogP contribution is -2.18. The fourth-order valence-corrected chi connectivity index (χ4v) is 4.94. The van der Waals surface area contributed by atoms with Crippen LogP contribution in [-0.2, 0) is 11.3 Å². The Bertz CT molecular complexity index is 1530. The number of aromatic nitrogens is 4. The van der Waals surface area contributed by atoms with Crippen LogP contribution in [0.2, 0.25) is 0 Å². The molecule has 0 saturated carbocycles. The topological polar surface area (TPSA) is 89.7 Å². The lowest BCUT2D eigenvalue weighted by Gasteiger charge is -2.11. The fraction of sp³-hybridized carbons (Fsp3) is 0.276. The molecule has 2 aromatic heterocycles. The van der Waals surface area contributed by atoms with Crippen LogP contribution in [0.25, 0.3) is 44.0 Å². The first-order valence-corrected chi connectivity index (χ1v) is 12.4. The van der Waals surface area contributed by atoms with Gasteiger partial charge in [0.05, 0.1) is 34.7 Å². The molecule has 1 fully saturated rings. The van der Waals surface area contributed by atoms with Crippen molar-refractivity contribution in [2.45, 2.75) is 32.4 Å². The minimum atomic E-state index is 0.342. The molecule has 36 heavy (non-hydrogen) atoms. The van der Waals surface area contributed by atoms with Crippen molar-refractivity contribution in [3.05, 3.63) is 72.8 Å². The van der Waals surface area contributed by atoms with E-state index < -0.39 is 0 Å². The largest absolute Gasteiger partial charge is 0.341 e. The number of aldehydes is 1. The van der Waals surface area contributed by atoms with Crippen molar-refractivity contribution in [2.24, 2.45) is 0 Å². The van der Waals surface area contributed by atoms with Crippen LogP contribution >= 0.6 is 0 Å². The number of aromatic amines is 2. The minimum Gasteiger partial charge on any atom is -0.341 e. The Labute approximate surface area is 210 Å². The van der Waals surface area contributed by atoms with Crippen molar-refractivity contribution in [2.75, 3.05) is 20.1 Å². The van der Waals surface area contributed by atoms with E-state index in [0.29, 0.717) is 6.04 Å². The van der Waals surface area contributed by atoms with Gasteiger partial charge in [-0.25, -0.2) is 9.97 Å². The van der Waals surface area contributed by atoms with Gasteiger partial charge in [-0.15, -0.1) is 6.58 Å². The molecule has 1 unspecified atom stereocenters. The molecule has 6 rings (SSSR count). The lowest BCUT2D eigenvalue weighted by atomic mass is 10.0. The Morgan fingerprint density at radius 2 is 1.86 bits per heavy atom. The van der Waals surface area contributed by atoms with E-state index in [-0.39, 0.29) is 0 Å². The number of hydrogen-bond acceptors (Lipinski definition) is 5. The maximum atomic E-state index is 8.81. The summed E-state index contributed by atoms with van der Waals surface area (Å²) in [5.74, 6) is 2.02. The van der Waals surface area contributed by atoms with Gasteiger partial charge in [-0.3, -0.25) is 4.90 Å². The predicted molar refractivity (Wildman–Crippen MR) is 147 cm³/mol. The number of H-pyrrole nitrogens is 2. The fourth-order valence-electron chi connectivity index (χ4n) is 4.94. The SMILES string of the molecule is C=CCN(C)Cc1nc2ccc(-c3ccc4c(ccc5[nH]c(C6CCCN6)nc54)c3)cc2[nH]1.CC=O. The molecule has 7 heteroatoms. The Morgan fingerprint density at radius 1 is 1.06 bits per heavy atom. The number of carbonyl (C=O) groups excluding carboxylic acids is 1. The Hall–Kier alpha value is -3.81. The van der Waals surface area contributed by atoms with Gasteiger partial charge < -0.3 is 20.1 Å². The predicted octanol–water partition coefficient (Wildman–Crippen LogP) is 5.51. The smallest absolute Gasteiger partial charge is 0.124 e. The van der Waals surface area contributed by atoms with E-state index in [1.165, 1.54) is 35.2 Å². The van der Waals surface area contributed by atoms with Gasteiger partial charge in [0.15, 0.2) is 0 Å². The maximum absolute atomic E-state index is 8.81. The number of imidazole rings is 2. The molecule has 3 N–H and O–H groups in total. The highest BCUT2D eigenvalue weighted by molar-refractivity contribution is 6.05. The Balaban J connectivity index is 0.000000848. The highest BCUT2D eigenvalue weighted by atomic mass is 16.1. The third kappa shape index (κ3) is 4.80. The van der Waals surface area contributed by atoms with Crippen molar-refractivity contribution < 1.29 is 4.79 Å². The number of fused-ring (bicyclic) bond motifs is 4. The molecule has 0 aliphatic carbocycles. The lowest BCUT2D eigenvalue weighted by molar-refractivity contribution is -0.106. The first-order valence-electron chi connectivity index (χ1n) is 12.4. The number of nitrogens with one attached hydrogen (secondary N) is 3. The summed E-state index contributed by atoms with van der Waals surface area (Å²) in [6, 6.07) is 17.8. The molecular weight excluding hydrogens is 448 g/mol. The summed E-state index contributed by atoms with van der Waals surface area (Å²) in [5.41, 5.74) is 6.58. The van der Waals surface area contributed by atoms with Gasteiger partial charge in [-0.1, -0.05) is 30.3 Å². The molecule has 5 aromatic rings. The molecule has 0 amide bonds. The number of rotatable bonds is 6. The summed E-state index contributed by atoms with van der Waals surface area (Å²) in [7, 11) is 2.07. The van der Waals surface area contributed by atoms with Crippen LogP contribution in [0.3, 0.4) is 0 Å². The first kappa shape index (κ1) is 23.9. The zero-order valence-electron chi connectivity index (χ0n) is 20.8. The van der Waals surface area contributed by atoms with Crippen molar-refractivity contribution in [1.82, 2.24) is 30.2 Å². The maximum Gasteiger partial charge on any atom is 0.124 e. The molecule has 3 heterocycles. The molecule has 184 valence electrons. The molecule has 0 bridgehead atoms. The zero-order valence-corrected chi connectivity index (χ0v) is 20.8. The summed E-state index contributed by atoms with van der Waals surface area (Å²) in [6.45, 7) is 7.92. The van der Waals surface area contributed by atoms with Crippen LogP contribution in [0.1, 0.15) is 37.5 Å². The Morgan fingerprint density at radius 3 is 2.64 bits per heavy atom. The molecular formula is C29H32N6O. The third-order valence-corrected chi connectivity index (χ3v) is 6.60. The first-order chi connectivity index (χ1) is 17.6. The molecule has 7 nitrogen and oxygen atoms in total. The zero-order chi connectivity index (χ0) is 25.1. The summed E-state index contributed by atoms with van der Waals surface area (Å²) in [5, 5.41) is 5.93. The quantitative estimate of drug-likeness (QED) is 0.220. The molecule has 0 spiro atoms. The van der Waals surface area contributed by atoms with E-state index in [4.69, 9.17) is 14.8 Å². The molecule has 1 aliphatic rings. The van der Waals surface area contributed by atoms with E-state index in [0.717, 1.165) is 66.1 Å². The van der Waals surface area contributed by atoms with Gasteiger partial charge in [0.1, 0.15) is 17.9 Å².